The fourth-order valence-electron chi connectivity index (χ4n) is 3.21. The Labute approximate surface area is 124 Å². The Bertz CT molecular complexity index is 529. The molecule has 1 aliphatic heterocycles. The summed E-state index contributed by atoms with van der Waals surface area (Å²) in [6, 6.07) is 5.00. The lowest BCUT2D eigenvalue weighted by Crippen LogP contribution is -2.49. The average molecular weight is 292 g/mol. The Kier molecular flexibility index (Phi) is 4.22. The van der Waals surface area contributed by atoms with E-state index in [2.05, 4.69) is 5.32 Å². The van der Waals surface area contributed by atoms with Gasteiger partial charge in [0, 0.05) is 19.1 Å². The summed E-state index contributed by atoms with van der Waals surface area (Å²) in [5.74, 6) is -0.0351. The third-order valence-corrected chi connectivity index (χ3v) is 4.36. The second-order valence-corrected chi connectivity index (χ2v) is 5.72. The van der Waals surface area contributed by atoms with Gasteiger partial charge in [0.1, 0.15) is 5.82 Å². The van der Waals surface area contributed by atoms with Gasteiger partial charge in [-0.25, -0.2) is 4.39 Å². The van der Waals surface area contributed by atoms with Crippen LogP contribution in [0.3, 0.4) is 0 Å². The second-order valence-electron chi connectivity index (χ2n) is 5.72. The summed E-state index contributed by atoms with van der Waals surface area (Å²) < 4.78 is 19.0. The maximum atomic E-state index is 13.7. The fourth-order valence-corrected chi connectivity index (χ4v) is 3.21. The highest BCUT2D eigenvalue weighted by Crippen LogP contribution is 2.32. The van der Waals surface area contributed by atoms with Crippen LogP contribution in [0.4, 0.5) is 4.39 Å². The van der Waals surface area contributed by atoms with Crippen LogP contribution in [0.5, 0.6) is 0 Å². The number of benzene rings is 1. The van der Waals surface area contributed by atoms with Crippen LogP contribution < -0.4 is 5.32 Å². The maximum absolute atomic E-state index is 13.7. The zero-order chi connectivity index (χ0) is 14.8. The van der Waals surface area contributed by atoms with Gasteiger partial charge in [0.2, 0.25) is 5.91 Å². The molecule has 5 heteroatoms. The van der Waals surface area contributed by atoms with Gasteiger partial charge in [-0.05, 0) is 37.0 Å². The van der Waals surface area contributed by atoms with E-state index in [1.807, 2.05) is 17.9 Å². The highest BCUT2D eigenvalue weighted by molar-refractivity contribution is 5.81. The molecule has 1 heterocycles. The van der Waals surface area contributed by atoms with Crippen LogP contribution in [-0.4, -0.2) is 43.2 Å². The first-order valence-corrected chi connectivity index (χ1v) is 7.56. The van der Waals surface area contributed by atoms with E-state index in [0.717, 1.165) is 24.0 Å². The topological polar surface area (TPSA) is 41.6 Å². The lowest BCUT2D eigenvalue weighted by molar-refractivity contribution is -0.137. The number of ether oxygens (including phenoxy) is 1. The number of halogens is 1. The van der Waals surface area contributed by atoms with Gasteiger partial charge in [-0.2, -0.15) is 0 Å². The minimum atomic E-state index is -0.262. The van der Waals surface area contributed by atoms with Crippen LogP contribution >= 0.6 is 0 Å². The van der Waals surface area contributed by atoms with Gasteiger partial charge in [0.05, 0.1) is 19.3 Å². The number of hydrogen-bond acceptors (Lipinski definition) is 3. The molecule has 0 radical (unpaired) electrons. The molecule has 1 saturated heterocycles. The van der Waals surface area contributed by atoms with Gasteiger partial charge in [0.15, 0.2) is 0 Å². The van der Waals surface area contributed by atoms with E-state index < -0.39 is 0 Å². The molecule has 0 saturated carbocycles. The van der Waals surface area contributed by atoms with Gasteiger partial charge >= 0.3 is 0 Å². The van der Waals surface area contributed by atoms with Gasteiger partial charge in [-0.15, -0.1) is 0 Å². The Morgan fingerprint density at radius 2 is 2.19 bits per heavy atom. The molecule has 21 heavy (non-hydrogen) atoms. The molecule has 2 aliphatic rings. The molecule has 114 valence electrons. The lowest BCUT2D eigenvalue weighted by atomic mass is 10.1. The monoisotopic (exact) mass is 292 g/mol. The summed E-state index contributed by atoms with van der Waals surface area (Å²) in [7, 11) is 0. The SMILES string of the molecule is CC(NC1CCc2c(F)cccc21)C(=O)N1CCOCC1. The first-order valence-electron chi connectivity index (χ1n) is 7.56. The van der Waals surface area contributed by atoms with Crippen LogP contribution in [0.15, 0.2) is 18.2 Å². The van der Waals surface area contributed by atoms with Crippen LogP contribution in [0.1, 0.15) is 30.5 Å². The van der Waals surface area contributed by atoms with Crippen LogP contribution in [0.25, 0.3) is 0 Å². The zero-order valence-corrected chi connectivity index (χ0v) is 12.3. The summed E-state index contributed by atoms with van der Waals surface area (Å²) in [4.78, 5) is 14.2. The number of carbonyl (C=O) groups is 1. The fraction of sp³-hybridized carbons (Fsp3) is 0.562. The third kappa shape index (κ3) is 2.94. The molecule has 1 aromatic carbocycles. The highest BCUT2D eigenvalue weighted by Gasteiger charge is 2.29. The molecular formula is C16H21FN2O2. The van der Waals surface area contributed by atoms with E-state index in [0.29, 0.717) is 26.3 Å². The molecule has 0 bridgehead atoms. The molecule has 3 rings (SSSR count). The van der Waals surface area contributed by atoms with E-state index in [9.17, 15) is 9.18 Å². The Morgan fingerprint density at radius 3 is 2.95 bits per heavy atom. The van der Waals surface area contributed by atoms with E-state index in [-0.39, 0.29) is 23.8 Å². The predicted molar refractivity (Wildman–Crippen MR) is 77.5 cm³/mol. The van der Waals surface area contributed by atoms with Crippen molar-refractivity contribution in [2.75, 3.05) is 26.3 Å². The Balaban J connectivity index is 1.65. The molecule has 0 aromatic heterocycles. The van der Waals surface area contributed by atoms with Crippen molar-refractivity contribution in [3.63, 3.8) is 0 Å². The average Bonchev–Trinajstić information content (AvgIpc) is 2.92. The van der Waals surface area contributed by atoms with Crippen molar-refractivity contribution in [2.45, 2.75) is 31.8 Å². The first kappa shape index (κ1) is 14.5. The maximum Gasteiger partial charge on any atom is 0.239 e. The smallest absolute Gasteiger partial charge is 0.239 e. The number of nitrogens with zero attached hydrogens (tertiary/aromatic N) is 1. The highest BCUT2D eigenvalue weighted by atomic mass is 19.1. The van der Waals surface area contributed by atoms with Crippen molar-refractivity contribution >= 4 is 5.91 Å². The lowest BCUT2D eigenvalue weighted by Gasteiger charge is -2.30. The molecular weight excluding hydrogens is 271 g/mol. The number of nitrogens with one attached hydrogen (secondary N) is 1. The summed E-state index contributed by atoms with van der Waals surface area (Å²) in [6.45, 7) is 4.41. The minimum Gasteiger partial charge on any atom is -0.378 e. The van der Waals surface area contributed by atoms with Crippen molar-refractivity contribution in [3.05, 3.63) is 35.1 Å². The van der Waals surface area contributed by atoms with Crippen molar-refractivity contribution in [1.82, 2.24) is 10.2 Å². The molecule has 1 amide bonds. The summed E-state index contributed by atoms with van der Waals surface area (Å²) in [5.41, 5.74) is 1.79. The second kappa shape index (κ2) is 6.12. The van der Waals surface area contributed by atoms with Gasteiger partial charge in [0.25, 0.3) is 0 Å². The largest absolute Gasteiger partial charge is 0.378 e. The van der Waals surface area contributed by atoms with E-state index >= 15 is 0 Å². The summed E-state index contributed by atoms with van der Waals surface area (Å²) in [5, 5.41) is 3.36. The van der Waals surface area contributed by atoms with Gasteiger partial charge in [-0.1, -0.05) is 12.1 Å². The predicted octanol–water partition coefficient (Wildman–Crippen LogP) is 1.65. The third-order valence-electron chi connectivity index (χ3n) is 4.36. The zero-order valence-electron chi connectivity index (χ0n) is 12.3. The number of hydrogen-bond donors (Lipinski definition) is 1. The molecule has 1 aliphatic carbocycles. The Morgan fingerprint density at radius 1 is 1.43 bits per heavy atom. The van der Waals surface area contributed by atoms with Crippen molar-refractivity contribution in [2.24, 2.45) is 0 Å². The van der Waals surface area contributed by atoms with Crippen LogP contribution in [0.2, 0.25) is 0 Å². The van der Waals surface area contributed by atoms with Crippen LogP contribution in [0, 0.1) is 5.82 Å². The molecule has 1 fully saturated rings. The van der Waals surface area contributed by atoms with Crippen molar-refractivity contribution < 1.29 is 13.9 Å². The molecule has 1 aromatic rings. The number of morpholine rings is 1. The number of fused-ring (bicyclic) bond motifs is 1. The van der Waals surface area contributed by atoms with E-state index in [1.54, 1.807) is 6.07 Å². The van der Waals surface area contributed by atoms with Crippen molar-refractivity contribution in [3.8, 4) is 0 Å². The van der Waals surface area contributed by atoms with Crippen LogP contribution in [-0.2, 0) is 16.0 Å². The molecule has 2 atom stereocenters. The number of rotatable bonds is 3. The van der Waals surface area contributed by atoms with Gasteiger partial charge < -0.3 is 9.64 Å². The molecule has 0 spiro atoms. The standard InChI is InChI=1S/C16H21FN2O2/c1-11(16(20)19-7-9-21-10-8-19)18-15-6-5-12-13(15)3-2-4-14(12)17/h2-4,11,15,18H,5-10H2,1H3. The summed E-state index contributed by atoms with van der Waals surface area (Å²) in [6.07, 6.45) is 1.58. The van der Waals surface area contributed by atoms with E-state index in [1.165, 1.54) is 6.07 Å². The summed E-state index contributed by atoms with van der Waals surface area (Å²) >= 11 is 0. The molecule has 4 nitrogen and oxygen atoms in total. The first-order chi connectivity index (χ1) is 10.2. The van der Waals surface area contributed by atoms with Gasteiger partial charge in [-0.3, -0.25) is 10.1 Å². The van der Waals surface area contributed by atoms with Crippen molar-refractivity contribution in [1.29, 1.82) is 0 Å². The Hall–Kier alpha value is -1.46. The number of carbonyl (C=O) groups excluding carboxylic acids is 1. The number of amides is 1. The minimum absolute atomic E-state index is 0.0655. The molecule has 1 N–H and O–H groups in total. The quantitative estimate of drug-likeness (QED) is 0.921. The van der Waals surface area contributed by atoms with E-state index in [4.69, 9.17) is 4.74 Å². The normalized spacial score (nSPS) is 23.0. The molecule has 2 unspecified atom stereocenters.